The fourth-order valence-electron chi connectivity index (χ4n) is 4.42. The maximum Gasteiger partial charge on any atom is 0.148 e. The van der Waals surface area contributed by atoms with Crippen LogP contribution in [0.3, 0.4) is 0 Å². The van der Waals surface area contributed by atoms with Crippen LogP contribution in [0, 0.1) is 0 Å². The van der Waals surface area contributed by atoms with Gasteiger partial charge in [-0.3, -0.25) is 0 Å². The number of nitrogens with zero attached hydrogens (tertiary/aromatic N) is 4. The second kappa shape index (κ2) is 12.4. The average Bonchev–Trinajstić information content (AvgIpc) is 3.69. The number of hydrogen-bond donors (Lipinski definition) is 0. The van der Waals surface area contributed by atoms with E-state index in [0.29, 0.717) is 0 Å². The lowest BCUT2D eigenvalue weighted by Gasteiger charge is -2.21. The summed E-state index contributed by atoms with van der Waals surface area (Å²) in [6, 6.07) is 31.7. The van der Waals surface area contributed by atoms with Crippen LogP contribution in [-0.4, -0.2) is 31.6 Å². The standard InChI is InChI=1S/C36H34N4O3S2/c1-35(2,3)42-29-19-11-25(12-20-29)33-39-37-31(44-33)23-7-15-27(16-8-23)41-28-17-9-24(10-18-28)32-38-40-34(45-32)26-13-21-30(22-14-26)43-36(4,5)6/h7-22H,1-6H3. The molecule has 0 saturated heterocycles. The van der Waals surface area contributed by atoms with Gasteiger partial charge in [0.2, 0.25) is 0 Å². The van der Waals surface area contributed by atoms with E-state index in [0.717, 1.165) is 65.3 Å². The van der Waals surface area contributed by atoms with Gasteiger partial charge in [0.1, 0.15) is 54.2 Å². The van der Waals surface area contributed by atoms with Crippen LogP contribution >= 0.6 is 22.7 Å². The molecule has 2 heterocycles. The molecule has 0 atom stereocenters. The summed E-state index contributed by atoms with van der Waals surface area (Å²) in [5, 5.41) is 21.1. The highest BCUT2D eigenvalue weighted by Crippen LogP contribution is 2.35. The molecule has 0 unspecified atom stereocenters. The molecule has 0 aliphatic heterocycles. The topological polar surface area (TPSA) is 79.3 Å². The lowest BCUT2D eigenvalue weighted by Crippen LogP contribution is -2.22. The van der Waals surface area contributed by atoms with Gasteiger partial charge in [-0.15, -0.1) is 20.4 Å². The van der Waals surface area contributed by atoms with E-state index < -0.39 is 0 Å². The van der Waals surface area contributed by atoms with Crippen molar-refractivity contribution in [1.82, 2.24) is 20.4 Å². The Balaban J connectivity index is 1.07. The molecule has 0 bridgehead atoms. The van der Waals surface area contributed by atoms with Gasteiger partial charge in [-0.05, 0) is 139 Å². The highest BCUT2D eigenvalue weighted by atomic mass is 32.1. The minimum absolute atomic E-state index is 0.239. The number of ether oxygens (including phenoxy) is 3. The van der Waals surface area contributed by atoms with Gasteiger partial charge in [0, 0.05) is 22.3 Å². The Hall–Kier alpha value is -4.60. The highest BCUT2D eigenvalue weighted by molar-refractivity contribution is 7.18. The maximum atomic E-state index is 6.11. The van der Waals surface area contributed by atoms with Crippen molar-refractivity contribution >= 4 is 22.7 Å². The molecule has 0 aliphatic carbocycles. The van der Waals surface area contributed by atoms with Crippen LogP contribution in [0.1, 0.15) is 41.5 Å². The quantitative estimate of drug-likeness (QED) is 0.165. The molecule has 0 spiro atoms. The van der Waals surface area contributed by atoms with Crippen molar-refractivity contribution in [3.05, 3.63) is 97.1 Å². The minimum Gasteiger partial charge on any atom is -0.488 e. The third-order valence-electron chi connectivity index (χ3n) is 6.34. The second-order valence-electron chi connectivity index (χ2n) is 12.5. The first kappa shape index (κ1) is 30.4. The van der Waals surface area contributed by atoms with E-state index in [1.165, 1.54) is 0 Å². The van der Waals surface area contributed by atoms with Gasteiger partial charge in [-0.2, -0.15) is 0 Å². The van der Waals surface area contributed by atoms with Crippen molar-refractivity contribution in [3.63, 3.8) is 0 Å². The number of aromatic nitrogens is 4. The molecule has 228 valence electrons. The molecule has 6 aromatic rings. The third-order valence-corrected chi connectivity index (χ3v) is 8.38. The Bertz CT molecular complexity index is 1730. The molecule has 7 nitrogen and oxygen atoms in total. The summed E-state index contributed by atoms with van der Waals surface area (Å²) < 4.78 is 18.0. The number of rotatable bonds is 8. The Morgan fingerprint density at radius 3 is 0.867 bits per heavy atom. The first-order valence-electron chi connectivity index (χ1n) is 14.6. The molecule has 0 amide bonds. The Morgan fingerprint density at radius 2 is 0.622 bits per heavy atom. The fraction of sp³-hybridized carbons (Fsp3) is 0.222. The van der Waals surface area contributed by atoms with Crippen molar-refractivity contribution in [1.29, 1.82) is 0 Å². The number of benzene rings is 4. The van der Waals surface area contributed by atoms with E-state index in [1.54, 1.807) is 22.7 Å². The molecule has 0 aliphatic rings. The SMILES string of the molecule is CC(C)(C)Oc1ccc(-c2nnc(-c3ccc(Oc4ccc(-c5nnc(-c6ccc(OC(C)(C)C)cc6)s5)cc4)cc3)s2)cc1. The van der Waals surface area contributed by atoms with Crippen molar-refractivity contribution < 1.29 is 14.2 Å². The zero-order valence-electron chi connectivity index (χ0n) is 26.1. The summed E-state index contributed by atoms with van der Waals surface area (Å²) in [4.78, 5) is 0. The van der Waals surface area contributed by atoms with Crippen LogP contribution in [0.2, 0.25) is 0 Å². The van der Waals surface area contributed by atoms with Crippen LogP contribution in [0.15, 0.2) is 97.1 Å². The molecule has 45 heavy (non-hydrogen) atoms. The first-order valence-corrected chi connectivity index (χ1v) is 16.3. The monoisotopic (exact) mass is 634 g/mol. The summed E-state index contributed by atoms with van der Waals surface area (Å²) >= 11 is 3.10. The lowest BCUT2D eigenvalue weighted by atomic mass is 10.2. The van der Waals surface area contributed by atoms with Crippen LogP contribution in [-0.2, 0) is 0 Å². The van der Waals surface area contributed by atoms with Crippen molar-refractivity contribution in [2.24, 2.45) is 0 Å². The van der Waals surface area contributed by atoms with Gasteiger partial charge < -0.3 is 14.2 Å². The van der Waals surface area contributed by atoms with Gasteiger partial charge in [0.25, 0.3) is 0 Å². The molecule has 4 aromatic carbocycles. The van der Waals surface area contributed by atoms with E-state index >= 15 is 0 Å². The summed E-state index contributed by atoms with van der Waals surface area (Å²) in [7, 11) is 0. The zero-order chi connectivity index (χ0) is 31.6. The third kappa shape index (κ3) is 7.92. The highest BCUT2D eigenvalue weighted by Gasteiger charge is 2.15. The van der Waals surface area contributed by atoms with Gasteiger partial charge in [-0.25, -0.2) is 0 Å². The largest absolute Gasteiger partial charge is 0.488 e. The van der Waals surface area contributed by atoms with Crippen LogP contribution in [0.25, 0.3) is 42.3 Å². The lowest BCUT2D eigenvalue weighted by molar-refractivity contribution is 0.130. The van der Waals surface area contributed by atoms with Crippen LogP contribution in [0.5, 0.6) is 23.0 Å². The summed E-state index contributed by atoms with van der Waals surface area (Å²) in [6.07, 6.45) is 0. The van der Waals surface area contributed by atoms with E-state index in [2.05, 4.69) is 20.4 Å². The van der Waals surface area contributed by atoms with Gasteiger partial charge in [0.05, 0.1) is 0 Å². The Kier molecular flexibility index (Phi) is 8.40. The molecular weight excluding hydrogens is 601 g/mol. The summed E-state index contributed by atoms with van der Waals surface area (Å²) in [6.45, 7) is 12.2. The normalized spacial score (nSPS) is 11.8. The zero-order valence-corrected chi connectivity index (χ0v) is 27.7. The Labute approximate surface area is 271 Å². The molecule has 6 rings (SSSR count). The van der Waals surface area contributed by atoms with Crippen molar-refractivity contribution in [2.45, 2.75) is 52.7 Å². The van der Waals surface area contributed by atoms with Crippen LogP contribution < -0.4 is 14.2 Å². The van der Waals surface area contributed by atoms with E-state index in [4.69, 9.17) is 14.2 Å². The average molecular weight is 635 g/mol. The molecule has 0 N–H and O–H groups in total. The van der Waals surface area contributed by atoms with Crippen molar-refractivity contribution in [3.8, 4) is 65.3 Å². The van der Waals surface area contributed by atoms with E-state index in [-0.39, 0.29) is 11.2 Å². The van der Waals surface area contributed by atoms with Gasteiger partial charge >= 0.3 is 0 Å². The second-order valence-corrected chi connectivity index (χ2v) is 14.4. The fourth-order valence-corrected chi connectivity index (χ4v) is 6.13. The molecular formula is C36H34N4O3S2. The van der Waals surface area contributed by atoms with E-state index in [9.17, 15) is 0 Å². The minimum atomic E-state index is -0.239. The number of hydrogen-bond acceptors (Lipinski definition) is 9. The molecule has 9 heteroatoms. The first-order chi connectivity index (χ1) is 21.5. The van der Waals surface area contributed by atoms with Gasteiger partial charge in [-0.1, -0.05) is 22.7 Å². The van der Waals surface area contributed by atoms with Gasteiger partial charge in [0.15, 0.2) is 0 Å². The summed E-state index contributed by atoms with van der Waals surface area (Å²) in [5.41, 5.74) is 3.51. The van der Waals surface area contributed by atoms with Crippen LogP contribution in [0.4, 0.5) is 0 Å². The predicted molar refractivity (Wildman–Crippen MR) is 182 cm³/mol. The van der Waals surface area contributed by atoms with Crippen molar-refractivity contribution in [2.75, 3.05) is 0 Å². The molecule has 0 fully saturated rings. The van der Waals surface area contributed by atoms with E-state index in [1.807, 2.05) is 139 Å². The summed E-state index contributed by atoms with van der Waals surface area (Å²) in [5.74, 6) is 3.14. The Morgan fingerprint density at radius 1 is 0.378 bits per heavy atom. The maximum absolute atomic E-state index is 6.11. The smallest absolute Gasteiger partial charge is 0.148 e. The molecule has 0 saturated carbocycles. The molecule has 0 radical (unpaired) electrons. The predicted octanol–water partition coefficient (Wildman–Crippen LogP) is 10.2. The molecule has 2 aromatic heterocycles.